The summed E-state index contributed by atoms with van der Waals surface area (Å²) in [5, 5.41) is 10.5. The van der Waals surface area contributed by atoms with Gasteiger partial charge < -0.3 is 5.32 Å². The molecule has 3 nitrogen and oxygen atoms in total. The summed E-state index contributed by atoms with van der Waals surface area (Å²) in [4.78, 5) is 0. The van der Waals surface area contributed by atoms with Crippen molar-refractivity contribution in [2.45, 2.75) is 63.2 Å². The molecule has 2 N–H and O–H groups in total. The molecule has 6 heteroatoms. The molecular formula is C14H20F3N3. The van der Waals surface area contributed by atoms with Gasteiger partial charge in [-0.05, 0) is 44.1 Å². The predicted octanol–water partition coefficient (Wildman–Crippen LogP) is 2.98. The van der Waals surface area contributed by atoms with Crippen LogP contribution in [0, 0.1) is 5.92 Å². The van der Waals surface area contributed by atoms with Crippen molar-refractivity contribution in [2.75, 3.05) is 0 Å². The van der Waals surface area contributed by atoms with Crippen molar-refractivity contribution >= 4 is 0 Å². The predicted molar refractivity (Wildman–Crippen MR) is 69.3 cm³/mol. The maximum atomic E-state index is 12.8. The van der Waals surface area contributed by atoms with Crippen LogP contribution in [-0.4, -0.2) is 28.5 Å². The van der Waals surface area contributed by atoms with Crippen molar-refractivity contribution in [3.05, 3.63) is 17.5 Å². The average Bonchev–Trinajstić information content (AvgIpc) is 2.85. The van der Waals surface area contributed by atoms with Crippen LogP contribution in [0.15, 0.2) is 6.20 Å². The molecule has 0 spiro atoms. The Morgan fingerprint density at radius 2 is 2.05 bits per heavy atom. The number of H-pyrrole nitrogens is 1. The maximum absolute atomic E-state index is 12.8. The van der Waals surface area contributed by atoms with E-state index >= 15 is 0 Å². The highest BCUT2D eigenvalue weighted by molar-refractivity contribution is 5.21. The molecule has 1 fully saturated rings. The van der Waals surface area contributed by atoms with Crippen LogP contribution in [-0.2, 0) is 12.8 Å². The summed E-state index contributed by atoms with van der Waals surface area (Å²) in [5.74, 6) is -1.12. The summed E-state index contributed by atoms with van der Waals surface area (Å²) in [5.41, 5.74) is 2.39. The van der Waals surface area contributed by atoms with Gasteiger partial charge in [0, 0.05) is 17.8 Å². The van der Waals surface area contributed by atoms with Gasteiger partial charge in [0.1, 0.15) is 0 Å². The smallest absolute Gasteiger partial charge is 0.311 e. The molecular weight excluding hydrogens is 267 g/mol. The van der Waals surface area contributed by atoms with E-state index in [2.05, 4.69) is 15.5 Å². The van der Waals surface area contributed by atoms with Gasteiger partial charge in [0.25, 0.3) is 0 Å². The number of nitrogens with zero attached hydrogens (tertiary/aromatic N) is 1. The summed E-state index contributed by atoms with van der Waals surface area (Å²) in [6.45, 7) is 0. The Labute approximate surface area is 116 Å². The first-order valence-electron chi connectivity index (χ1n) is 7.36. The van der Waals surface area contributed by atoms with Gasteiger partial charge in [0.15, 0.2) is 0 Å². The van der Waals surface area contributed by atoms with Gasteiger partial charge in [0.05, 0.1) is 12.1 Å². The van der Waals surface area contributed by atoms with E-state index in [0.29, 0.717) is 6.42 Å². The van der Waals surface area contributed by atoms with Crippen LogP contribution in [0.1, 0.15) is 43.4 Å². The maximum Gasteiger partial charge on any atom is 0.391 e. The van der Waals surface area contributed by atoms with Gasteiger partial charge in [-0.1, -0.05) is 6.42 Å². The minimum absolute atomic E-state index is 0.00817. The van der Waals surface area contributed by atoms with E-state index in [-0.39, 0.29) is 24.9 Å². The lowest BCUT2D eigenvalue weighted by atomic mass is 9.84. The lowest BCUT2D eigenvalue weighted by molar-refractivity contribution is -0.183. The third-order valence-electron chi connectivity index (χ3n) is 4.63. The van der Waals surface area contributed by atoms with Crippen LogP contribution >= 0.6 is 0 Å². The second-order valence-corrected chi connectivity index (χ2v) is 6.08. The number of fused-ring (bicyclic) bond motifs is 1. The number of aromatic nitrogens is 2. The lowest BCUT2D eigenvalue weighted by Gasteiger charge is -2.34. The van der Waals surface area contributed by atoms with E-state index < -0.39 is 12.1 Å². The van der Waals surface area contributed by atoms with E-state index in [1.165, 1.54) is 11.3 Å². The SMILES string of the molecule is FC(F)(F)[C@@H]1CCC[C@H](N[C@@H]2CCc3[nH]ncc3C2)C1. The first-order valence-corrected chi connectivity index (χ1v) is 7.36. The number of aryl methyl sites for hydroxylation is 1. The number of aromatic amines is 1. The van der Waals surface area contributed by atoms with Crippen LogP contribution in [0.5, 0.6) is 0 Å². The minimum Gasteiger partial charge on any atom is -0.311 e. The largest absolute Gasteiger partial charge is 0.391 e. The van der Waals surface area contributed by atoms with Crippen molar-refractivity contribution in [2.24, 2.45) is 5.92 Å². The molecule has 3 atom stereocenters. The number of rotatable bonds is 2. The topological polar surface area (TPSA) is 40.7 Å². The van der Waals surface area contributed by atoms with E-state index in [0.717, 1.165) is 25.7 Å². The zero-order valence-corrected chi connectivity index (χ0v) is 11.3. The summed E-state index contributed by atoms with van der Waals surface area (Å²) >= 11 is 0. The van der Waals surface area contributed by atoms with E-state index in [1.807, 2.05) is 6.20 Å². The lowest BCUT2D eigenvalue weighted by Crippen LogP contribution is -2.45. The number of alkyl halides is 3. The second-order valence-electron chi connectivity index (χ2n) is 6.08. The molecule has 0 aromatic carbocycles. The fraction of sp³-hybridized carbons (Fsp3) is 0.786. The van der Waals surface area contributed by atoms with Crippen LogP contribution in [0.4, 0.5) is 13.2 Å². The average molecular weight is 287 g/mol. The minimum atomic E-state index is -4.04. The van der Waals surface area contributed by atoms with Gasteiger partial charge in [-0.25, -0.2) is 0 Å². The Morgan fingerprint density at radius 3 is 2.85 bits per heavy atom. The highest BCUT2D eigenvalue weighted by atomic mass is 19.4. The molecule has 1 heterocycles. The number of halogens is 3. The molecule has 112 valence electrons. The van der Waals surface area contributed by atoms with E-state index in [4.69, 9.17) is 0 Å². The van der Waals surface area contributed by atoms with Crippen LogP contribution in [0.3, 0.4) is 0 Å². The third kappa shape index (κ3) is 3.00. The Balaban J connectivity index is 1.56. The molecule has 1 saturated carbocycles. The zero-order chi connectivity index (χ0) is 14.2. The Hall–Kier alpha value is -1.04. The van der Waals surface area contributed by atoms with Crippen molar-refractivity contribution in [1.29, 1.82) is 0 Å². The summed E-state index contributed by atoms with van der Waals surface area (Å²) < 4.78 is 38.4. The molecule has 0 radical (unpaired) electrons. The second kappa shape index (κ2) is 5.39. The summed E-state index contributed by atoms with van der Waals surface area (Å²) in [6.07, 6.45) is 2.64. The molecule has 0 bridgehead atoms. The van der Waals surface area contributed by atoms with Crippen LogP contribution in [0.25, 0.3) is 0 Å². The third-order valence-corrected chi connectivity index (χ3v) is 4.63. The van der Waals surface area contributed by atoms with Gasteiger partial charge in [-0.15, -0.1) is 0 Å². The molecule has 0 amide bonds. The number of hydrogen-bond donors (Lipinski definition) is 2. The Bertz CT molecular complexity index is 455. The highest BCUT2D eigenvalue weighted by Crippen LogP contribution is 2.37. The quantitative estimate of drug-likeness (QED) is 0.878. The molecule has 20 heavy (non-hydrogen) atoms. The molecule has 1 aromatic heterocycles. The molecule has 2 aliphatic rings. The summed E-state index contributed by atoms with van der Waals surface area (Å²) in [7, 11) is 0. The molecule has 0 unspecified atom stereocenters. The Morgan fingerprint density at radius 1 is 1.20 bits per heavy atom. The monoisotopic (exact) mass is 287 g/mol. The molecule has 0 aliphatic heterocycles. The van der Waals surface area contributed by atoms with Gasteiger partial charge in [-0.2, -0.15) is 18.3 Å². The fourth-order valence-electron chi connectivity index (χ4n) is 3.53. The van der Waals surface area contributed by atoms with Crippen LogP contribution < -0.4 is 5.32 Å². The van der Waals surface area contributed by atoms with E-state index in [1.54, 1.807) is 0 Å². The van der Waals surface area contributed by atoms with Crippen molar-refractivity contribution in [3.8, 4) is 0 Å². The number of nitrogens with one attached hydrogen (secondary N) is 2. The molecule has 2 aliphatic carbocycles. The first kappa shape index (κ1) is 13.9. The summed E-state index contributed by atoms with van der Waals surface area (Å²) in [6, 6.07) is 0.297. The number of hydrogen-bond acceptors (Lipinski definition) is 2. The molecule has 0 saturated heterocycles. The van der Waals surface area contributed by atoms with Gasteiger partial charge in [-0.3, -0.25) is 5.10 Å². The van der Waals surface area contributed by atoms with Crippen molar-refractivity contribution in [1.82, 2.24) is 15.5 Å². The molecule has 1 aromatic rings. The van der Waals surface area contributed by atoms with Crippen molar-refractivity contribution in [3.63, 3.8) is 0 Å². The first-order chi connectivity index (χ1) is 9.52. The molecule has 3 rings (SSSR count). The van der Waals surface area contributed by atoms with Gasteiger partial charge >= 0.3 is 6.18 Å². The fourth-order valence-corrected chi connectivity index (χ4v) is 3.53. The van der Waals surface area contributed by atoms with E-state index in [9.17, 15) is 13.2 Å². The van der Waals surface area contributed by atoms with Gasteiger partial charge in [0.2, 0.25) is 0 Å². The van der Waals surface area contributed by atoms with Crippen molar-refractivity contribution < 1.29 is 13.2 Å². The standard InChI is InChI=1S/C14H20F3N3/c15-14(16,17)10-2-1-3-11(7-10)19-12-4-5-13-9(6-12)8-18-20-13/h8,10-12,19H,1-7H2,(H,18,20)/t10-,11+,12-/m1/s1. The Kier molecular flexibility index (Phi) is 3.75. The highest BCUT2D eigenvalue weighted by Gasteiger charge is 2.42. The van der Waals surface area contributed by atoms with Crippen LogP contribution in [0.2, 0.25) is 0 Å². The zero-order valence-electron chi connectivity index (χ0n) is 11.3. The normalized spacial score (nSPS) is 31.1.